The van der Waals surface area contributed by atoms with E-state index in [1.54, 1.807) is 7.05 Å². The van der Waals surface area contributed by atoms with Crippen LogP contribution in [-0.2, 0) is 7.05 Å². The fourth-order valence-electron chi connectivity index (χ4n) is 1.01. The SMILES string of the molecule is Cn1nnnc1Sc1ncc(C(=O)O)cc1Cl. The topological polar surface area (TPSA) is 93.8 Å². The lowest BCUT2D eigenvalue weighted by Gasteiger charge is -2.02. The molecule has 2 rings (SSSR count). The van der Waals surface area contributed by atoms with E-state index in [0.29, 0.717) is 10.2 Å². The minimum absolute atomic E-state index is 0.0374. The molecule has 0 atom stereocenters. The fourth-order valence-corrected chi connectivity index (χ4v) is 1.97. The van der Waals surface area contributed by atoms with Gasteiger partial charge in [-0.25, -0.2) is 14.5 Å². The Hall–Kier alpha value is -1.67. The van der Waals surface area contributed by atoms with Crippen LogP contribution in [0.15, 0.2) is 22.4 Å². The summed E-state index contributed by atoms with van der Waals surface area (Å²) in [7, 11) is 1.68. The highest BCUT2D eigenvalue weighted by Crippen LogP contribution is 2.29. The van der Waals surface area contributed by atoms with Crippen molar-refractivity contribution in [2.45, 2.75) is 10.2 Å². The van der Waals surface area contributed by atoms with Crippen molar-refractivity contribution in [2.24, 2.45) is 7.05 Å². The van der Waals surface area contributed by atoms with Gasteiger partial charge in [0.1, 0.15) is 5.03 Å². The highest BCUT2D eigenvalue weighted by Gasteiger charge is 2.12. The number of hydrogen-bond acceptors (Lipinski definition) is 6. The first-order valence-corrected chi connectivity index (χ1v) is 5.56. The summed E-state index contributed by atoms with van der Waals surface area (Å²) in [6.45, 7) is 0. The third-order valence-corrected chi connectivity index (χ3v) is 3.27. The number of aromatic nitrogens is 5. The van der Waals surface area contributed by atoms with Gasteiger partial charge in [0, 0.05) is 13.2 Å². The van der Waals surface area contributed by atoms with Crippen LogP contribution in [-0.4, -0.2) is 36.3 Å². The van der Waals surface area contributed by atoms with Gasteiger partial charge in [0.2, 0.25) is 5.16 Å². The van der Waals surface area contributed by atoms with Crippen molar-refractivity contribution in [3.05, 3.63) is 22.8 Å². The van der Waals surface area contributed by atoms with Crippen molar-refractivity contribution in [1.29, 1.82) is 0 Å². The zero-order chi connectivity index (χ0) is 12.4. The first-order valence-electron chi connectivity index (χ1n) is 4.37. The molecule has 7 nitrogen and oxygen atoms in total. The molecule has 0 saturated heterocycles. The molecule has 0 saturated carbocycles. The predicted octanol–water partition coefficient (Wildman–Crippen LogP) is 1.11. The van der Waals surface area contributed by atoms with E-state index in [-0.39, 0.29) is 10.6 Å². The van der Waals surface area contributed by atoms with Crippen molar-refractivity contribution in [1.82, 2.24) is 25.2 Å². The molecular formula is C8H6ClN5O2S. The molecule has 88 valence electrons. The first kappa shape index (κ1) is 11.8. The van der Waals surface area contributed by atoms with Gasteiger partial charge in [-0.3, -0.25) is 0 Å². The molecular weight excluding hydrogens is 266 g/mol. The van der Waals surface area contributed by atoms with Crippen LogP contribution in [0.3, 0.4) is 0 Å². The lowest BCUT2D eigenvalue weighted by Crippen LogP contribution is -1.98. The number of rotatable bonds is 3. The average Bonchev–Trinajstić information content (AvgIpc) is 2.67. The van der Waals surface area contributed by atoms with Gasteiger partial charge in [0.15, 0.2) is 0 Å². The van der Waals surface area contributed by atoms with Gasteiger partial charge in [-0.1, -0.05) is 11.6 Å². The summed E-state index contributed by atoms with van der Waals surface area (Å²) < 4.78 is 1.47. The Morgan fingerprint density at radius 1 is 1.59 bits per heavy atom. The number of aromatic carboxylic acids is 1. The Labute approximate surface area is 105 Å². The Morgan fingerprint density at radius 3 is 2.88 bits per heavy atom. The molecule has 0 aliphatic carbocycles. The Bertz CT molecular complexity index is 573. The van der Waals surface area contributed by atoms with E-state index >= 15 is 0 Å². The lowest BCUT2D eigenvalue weighted by molar-refractivity contribution is 0.0696. The highest BCUT2D eigenvalue weighted by molar-refractivity contribution is 7.99. The fraction of sp³-hybridized carbons (Fsp3) is 0.125. The van der Waals surface area contributed by atoms with Crippen LogP contribution < -0.4 is 0 Å². The predicted molar refractivity (Wildman–Crippen MR) is 59.1 cm³/mol. The monoisotopic (exact) mass is 271 g/mol. The van der Waals surface area contributed by atoms with Gasteiger partial charge in [-0.2, -0.15) is 0 Å². The second-order valence-corrected chi connectivity index (χ2v) is 4.37. The number of pyridine rings is 1. The largest absolute Gasteiger partial charge is 0.478 e. The van der Waals surface area contributed by atoms with Crippen LogP contribution in [0, 0.1) is 0 Å². The molecule has 0 amide bonds. The molecule has 17 heavy (non-hydrogen) atoms. The number of carboxylic acids is 1. The summed E-state index contributed by atoms with van der Waals surface area (Å²) in [5, 5.41) is 20.9. The van der Waals surface area contributed by atoms with Gasteiger partial charge in [-0.05, 0) is 28.3 Å². The summed E-state index contributed by atoms with van der Waals surface area (Å²) >= 11 is 7.08. The van der Waals surface area contributed by atoms with Crippen molar-refractivity contribution in [2.75, 3.05) is 0 Å². The molecule has 0 aliphatic rings. The molecule has 0 fully saturated rings. The third kappa shape index (κ3) is 2.53. The summed E-state index contributed by atoms with van der Waals surface area (Å²) in [5.41, 5.74) is 0.0374. The Morgan fingerprint density at radius 2 is 2.35 bits per heavy atom. The van der Waals surface area contributed by atoms with Crippen LogP contribution in [0.2, 0.25) is 5.02 Å². The molecule has 0 spiro atoms. The van der Waals surface area contributed by atoms with Crippen LogP contribution in [0.25, 0.3) is 0 Å². The maximum atomic E-state index is 10.7. The smallest absolute Gasteiger partial charge is 0.337 e. The minimum Gasteiger partial charge on any atom is -0.478 e. The zero-order valence-electron chi connectivity index (χ0n) is 8.53. The van der Waals surface area contributed by atoms with Crippen LogP contribution in [0.4, 0.5) is 0 Å². The number of halogens is 1. The molecule has 0 aromatic carbocycles. The normalized spacial score (nSPS) is 10.5. The molecule has 0 aliphatic heterocycles. The number of aryl methyl sites for hydroxylation is 1. The summed E-state index contributed by atoms with van der Waals surface area (Å²) in [6.07, 6.45) is 1.24. The van der Waals surface area contributed by atoms with Crippen LogP contribution in [0.1, 0.15) is 10.4 Å². The summed E-state index contributed by atoms with van der Waals surface area (Å²) in [6, 6.07) is 1.34. The molecule has 9 heteroatoms. The molecule has 0 unspecified atom stereocenters. The van der Waals surface area contributed by atoms with Gasteiger partial charge < -0.3 is 5.11 Å². The Balaban J connectivity index is 2.29. The minimum atomic E-state index is -1.07. The van der Waals surface area contributed by atoms with E-state index < -0.39 is 5.97 Å². The third-order valence-electron chi connectivity index (χ3n) is 1.82. The number of nitrogens with zero attached hydrogens (tertiary/aromatic N) is 5. The maximum Gasteiger partial charge on any atom is 0.337 e. The van der Waals surface area contributed by atoms with Crippen molar-refractivity contribution in [3.63, 3.8) is 0 Å². The second kappa shape index (κ2) is 4.68. The standard InChI is InChI=1S/C8H6ClN5O2S/c1-14-8(11-12-13-14)17-6-5(9)2-4(3-10-6)7(15)16/h2-3H,1H3,(H,15,16). The molecule has 1 N–H and O–H groups in total. The van der Waals surface area contributed by atoms with E-state index in [9.17, 15) is 4.79 Å². The van der Waals surface area contributed by atoms with Crippen molar-refractivity contribution < 1.29 is 9.90 Å². The van der Waals surface area contributed by atoms with Gasteiger partial charge in [0.25, 0.3) is 0 Å². The van der Waals surface area contributed by atoms with E-state index in [1.807, 2.05) is 0 Å². The number of carboxylic acid groups (broad SMARTS) is 1. The maximum absolute atomic E-state index is 10.7. The van der Waals surface area contributed by atoms with Gasteiger partial charge in [-0.15, -0.1) is 5.10 Å². The van der Waals surface area contributed by atoms with Crippen LogP contribution >= 0.6 is 23.4 Å². The quantitative estimate of drug-likeness (QED) is 0.893. The second-order valence-electron chi connectivity index (χ2n) is 3.00. The molecule has 2 aromatic rings. The molecule has 0 radical (unpaired) electrons. The first-order chi connectivity index (χ1) is 8.08. The van der Waals surface area contributed by atoms with E-state index in [4.69, 9.17) is 16.7 Å². The number of carbonyl (C=O) groups is 1. The molecule has 2 heterocycles. The number of hydrogen-bond donors (Lipinski definition) is 1. The van der Waals surface area contributed by atoms with E-state index in [1.165, 1.54) is 16.9 Å². The molecule has 0 bridgehead atoms. The van der Waals surface area contributed by atoms with Crippen molar-refractivity contribution in [3.8, 4) is 0 Å². The van der Waals surface area contributed by atoms with Gasteiger partial charge in [0.05, 0.1) is 10.6 Å². The van der Waals surface area contributed by atoms with E-state index in [2.05, 4.69) is 20.5 Å². The Kier molecular flexibility index (Phi) is 3.25. The summed E-state index contributed by atoms with van der Waals surface area (Å²) in [5.74, 6) is -1.07. The van der Waals surface area contributed by atoms with Gasteiger partial charge >= 0.3 is 5.97 Å². The molecule has 2 aromatic heterocycles. The van der Waals surface area contributed by atoms with Crippen molar-refractivity contribution >= 4 is 29.3 Å². The van der Waals surface area contributed by atoms with E-state index in [0.717, 1.165) is 11.8 Å². The zero-order valence-corrected chi connectivity index (χ0v) is 10.1. The number of tetrazole rings is 1. The summed E-state index contributed by atoms with van der Waals surface area (Å²) in [4.78, 5) is 14.7. The average molecular weight is 272 g/mol. The lowest BCUT2D eigenvalue weighted by atomic mass is 10.3. The highest BCUT2D eigenvalue weighted by atomic mass is 35.5. The van der Waals surface area contributed by atoms with Crippen LogP contribution in [0.5, 0.6) is 0 Å².